The summed E-state index contributed by atoms with van der Waals surface area (Å²) in [5.74, 6) is 1.88. The minimum atomic E-state index is 0.685. The standard InChI is InChI=1S/C13H25N/c1-11(2)12-6-5-8-13(12)7-3-4-9-14-10-13/h11-12,14H,3-10H2,1-2H3/t12-,13+/m0/s1. The van der Waals surface area contributed by atoms with Crippen LogP contribution in [0.15, 0.2) is 0 Å². The van der Waals surface area contributed by atoms with Gasteiger partial charge < -0.3 is 5.32 Å². The van der Waals surface area contributed by atoms with Gasteiger partial charge in [-0.25, -0.2) is 0 Å². The van der Waals surface area contributed by atoms with Crippen molar-refractivity contribution in [2.75, 3.05) is 13.1 Å². The Morgan fingerprint density at radius 1 is 1.14 bits per heavy atom. The molecule has 0 radical (unpaired) electrons. The average Bonchev–Trinajstić information content (AvgIpc) is 2.39. The van der Waals surface area contributed by atoms with Crippen molar-refractivity contribution < 1.29 is 0 Å². The van der Waals surface area contributed by atoms with Crippen molar-refractivity contribution in [1.29, 1.82) is 0 Å². The molecule has 14 heavy (non-hydrogen) atoms. The third-order valence-corrected chi connectivity index (χ3v) is 4.54. The Morgan fingerprint density at radius 3 is 2.71 bits per heavy atom. The molecule has 0 amide bonds. The lowest BCUT2D eigenvalue weighted by Crippen LogP contribution is -2.37. The van der Waals surface area contributed by atoms with Crippen LogP contribution in [0.1, 0.15) is 52.4 Å². The van der Waals surface area contributed by atoms with E-state index in [0.717, 1.165) is 11.8 Å². The minimum Gasteiger partial charge on any atom is -0.316 e. The smallest absolute Gasteiger partial charge is 0.00106 e. The molecule has 1 aliphatic heterocycles. The van der Waals surface area contributed by atoms with Crippen LogP contribution in [0.25, 0.3) is 0 Å². The summed E-state index contributed by atoms with van der Waals surface area (Å²) in [6.45, 7) is 7.40. The number of nitrogens with one attached hydrogen (secondary N) is 1. The molecule has 0 aromatic rings. The molecule has 2 rings (SSSR count). The summed E-state index contributed by atoms with van der Waals surface area (Å²) in [5.41, 5.74) is 0.685. The van der Waals surface area contributed by atoms with Crippen molar-refractivity contribution in [1.82, 2.24) is 5.32 Å². The van der Waals surface area contributed by atoms with Crippen LogP contribution in [0.4, 0.5) is 0 Å². The number of rotatable bonds is 1. The number of hydrogen-bond donors (Lipinski definition) is 1. The van der Waals surface area contributed by atoms with Crippen LogP contribution in [-0.2, 0) is 0 Å². The first-order valence-electron chi connectivity index (χ1n) is 6.45. The van der Waals surface area contributed by atoms with E-state index >= 15 is 0 Å². The second-order valence-electron chi connectivity index (χ2n) is 5.74. The van der Waals surface area contributed by atoms with Crippen molar-refractivity contribution in [2.24, 2.45) is 17.3 Å². The summed E-state index contributed by atoms with van der Waals surface area (Å²) in [4.78, 5) is 0. The molecular formula is C13H25N. The molecule has 1 N–H and O–H groups in total. The molecular weight excluding hydrogens is 170 g/mol. The molecule has 1 saturated heterocycles. The van der Waals surface area contributed by atoms with Crippen LogP contribution in [0, 0.1) is 17.3 Å². The average molecular weight is 195 g/mol. The third kappa shape index (κ3) is 1.84. The van der Waals surface area contributed by atoms with E-state index in [1.165, 1.54) is 51.6 Å². The molecule has 0 unspecified atom stereocenters. The molecule has 0 aromatic heterocycles. The van der Waals surface area contributed by atoms with Gasteiger partial charge in [-0.3, -0.25) is 0 Å². The number of hydrogen-bond acceptors (Lipinski definition) is 1. The van der Waals surface area contributed by atoms with E-state index in [-0.39, 0.29) is 0 Å². The molecule has 0 bridgehead atoms. The van der Waals surface area contributed by atoms with Gasteiger partial charge in [-0.2, -0.15) is 0 Å². The molecule has 1 heterocycles. The van der Waals surface area contributed by atoms with Gasteiger partial charge in [0.1, 0.15) is 0 Å². The summed E-state index contributed by atoms with van der Waals surface area (Å²) in [5, 5.41) is 3.66. The molecule has 82 valence electrons. The van der Waals surface area contributed by atoms with Gasteiger partial charge in [0.05, 0.1) is 0 Å². The maximum atomic E-state index is 3.66. The molecule has 0 aromatic carbocycles. The highest BCUT2D eigenvalue weighted by atomic mass is 14.9. The van der Waals surface area contributed by atoms with Gasteiger partial charge in [0.15, 0.2) is 0 Å². The maximum Gasteiger partial charge on any atom is 0.00106 e. The fourth-order valence-corrected chi connectivity index (χ4v) is 3.89. The normalized spacial score (nSPS) is 39.2. The van der Waals surface area contributed by atoms with Crippen LogP contribution < -0.4 is 5.32 Å². The Labute approximate surface area is 88.7 Å². The zero-order valence-corrected chi connectivity index (χ0v) is 9.81. The molecule has 2 aliphatic rings. The minimum absolute atomic E-state index is 0.685. The highest BCUT2D eigenvalue weighted by Crippen LogP contribution is 2.50. The lowest BCUT2D eigenvalue weighted by Gasteiger charge is -2.37. The summed E-state index contributed by atoms with van der Waals surface area (Å²) in [7, 11) is 0. The van der Waals surface area contributed by atoms with Crippen LogP contribution >= 0.6 is 0 Å². The highest BCUT2D eigenvalue weighted by molar-refractivity contribution is 4.95. The SMILES string of the molecule is CC(C)[C@@H]1CCC[C@@]12CCCCNC2. The fourth-order valence-electron chi connectivity index (χ4n) is 3.89. The van der Waals surface area contributed by atoms with E-state index in [4.69, 9.17) is 0 Å². The third-order valence-electron chi connectivity index (χ3n) is 4.54. The van der Waals surface area contributed by atoms with E-state index in [0.29, 0.717) is 5.41 Å². The molecule has 1 aliphatic carbocycles. The summed E-state index contributed by atoms with van der Waals surface area (Å²) < 4.78 is 0. The Bertz CT molecular complexity index is 178. The van der Waals surface area contributed by atoms with Crippen LogP contribution in [0.2, 0.25) is 0 Å². The second-order valence-corrected chi connectivity index (χ2v) is 5.74. The Kier molecular flexibility index (Phi) is 3.16. The molecule has 1 nitrogen and oxygen atoms in total. The van der Waals surface area contributed by atoms with Crippen molar-refractivity contribution in [3.05, 3.63) is 0 Å². The van der Waals surface area contributed by atoms with Gasteiger partial charge in [0.25, 0.3) is 0 Å². The van der Waals surface area contributed by atoms with Gasteiger partial charge in [0.2, 0.25) is 0 Å². The first-order chi connectivity index (χ1) is 6.75. The van der Waals surface area contributed by atoms with Gasteiger partial charge in [-0.15, -0.1) is 0 Å². The summed E-state index contributed by atoms with van der Waals surface area (Å²) in [6, 6.07) is 0. The van der Waals surface area contributed by atoms with Crippen molar-refractivity contribution in [3.63, 3.8) is 0 Å². The molecule has 1 heteroatoms. The van der Waals surface area contributed by atoms with Crippen LogP contribution in [0.5, 0.6) is 0 Å². The molecule has 1 saturated carbocycles. The van der Waals surface area contributed by atoms with E-state index in [1.54, 1.807) is 0 Å². The van der Waals surface area contributed by atoms with Gasteiger partial charge in [0, 0.05) is 6.54 Å². The zero-order chi connectivity index (χ0) is 10.0. The first-order valence-corrected chi connectivity index (χ1v) is 6.45. The monoisotopic (exact) mass is 195 g/mol. The fraction of sp³-hybridized carbons (Fsp3) is 1.00. The molecule has 1 spiro atoms. The predicted molar refractivity (Wildman–Crippen MR) is 61.3 cm³/mol. The van der Waals surface area contributed by atoms with Gasteiger partial charge in [-0.1, -0.05) is 26.7 Å². The Hall–Kier alpha value is -0.0400. The topological polar surface area (TPSA) is 12.0 Å². The van der Waals surface area contributed by atoms with Crippen molar-refractivity contribution in [2.45, 2.75) is 52.4 Å². The summed E-state index contributed by atoms with van der Waals surface area (Å²) in [6.07, 6.45) is 8.79. The largest absolute Gasteiger partial charge is 0.316 e. The second kappa shape index (κ2) is 4.22. The Morgan fingerprint density at radius 2 is 1.93 bits per heavy atom. The van der Waals surface area contributed by atoms with Crippen molar-refractivity contribution >= 4 is 0 Å². The van der Waals surface area contributed by atoms with E-state index in [1.807, 2.05) is 0 Å². The highest BCUT2D eigenvalue weighted by Gasteiger charge is 2.43. The zero-order valence-electron chi connectivity index (χ0n) is 9.81. The van der Waals surface area contributed by atoms with Crippen molar-refractivity contribution in [3.8, 4) is 0 Å². The molecule has 2 fully saturated rings. The predicted octanol–water partition coefficient (Wildman–Crippen LogP) is 3.20. The van der Waals surface area contributed by atoms with Crippen LogP contribution in [0.3, 0.4) is 0 Å². The van der Waals surface area contributed by atoms with Crippen LogP contribution in [-0.4, -0.2) is 13.1 Å². The first kappa shape index (κ1) is 10.5. The van der Waals surface area contributed by atoms with Gasteiger partial charge >= 0.3 is 0 Å². The quantitative estimate of drug-likeness (QED) is 0.677. The van der Waals surface area contributed by atoms with E-state index in [2.05, 4.69) is 19.2 Å². The van der Waals surface area contributed by atoms with E-state index in [9.17, 15) is 0 Å². The lowest BCUT2D eigenvalue weighted by atomic mass is 9.70. The maximum absolute atomic E-state index is 3.66. The molecule has 2 atom stereocenters. The van der Waals surface area contributed by atoms with Gasteiger partial charge in [-0.05, 0) is 49.5 Å². The Balaban J connectivity index is 2.10. The lowest BCUT2D eigenvalue weighted by molar-refractivity contribution is 0.140. The van der Waals surface area contributed by atoms with E-state index < -0.39 is 0 Å². The summed E-state index contributed by atoms with van der Waals surface area (Å²) >= 11 is 0.